The largest absolute Gasteiger partial charge is 0.497 e. The number of hydrogen-bond donors (Lipinski definition) is 1. The molecule has 0 aliphatic carbocycles. The second-order valence-electron chi connectivity index (χ2n) is 7.70. The number of carbonyl (C=O) groups excluding carboxylic acids is 1. The van der Waals surface area contributed by atoms with Crippen LogP contribution in [-0.4, -0.2) is 52.4 Å². The van der Waals surface area contributed by atoms with Crippen LogP contribution < -0.4 is 25.4 Å². The average molecular weight is 426 g/mol. The van der Waals surface area contributed by atoms with Crippen molar-refractivity contribution >= 4 is 23.2 Å². The van der Waals surface area contributed by atoms with Crippen LogP contribution in [0.3, 0.4) is 0 Å². The van der Waals surface area contributed by atoms with Gasteiger partial charge in [-0.25, -0.2) is 13.9 Å². The van der Waals surface area contributed by atoms with Gasteiger partial charge in [0.1, 0.15) is 23.9 Å². The fourth-order valence-corrected chi connectivity index (χ4v) is 3.80. The smallest absolute Gasteiger partial charge is 0.352 e. The van der Waals surface area contributed by atoms with Gasteiger partial charge in [0, 0.05) is 25.4 Å². The normalized spacial score (nSPS) is 16.4. The molecule has 3 heterocycles. The first kappa shape index (κ1) is 20.7. The van der Waals surface area contributed by atoms with Crippen molar-refractivity contribution in [2.45, 2.75) is 26.3 Å². The van der Waals surface area contributed by atoms with Gasteiger partial charge in [-0.3, -0.25) is 4.79 Å². The predicted molar refractivity (Wildman–Crippen MR) is 116 cm³/mol. The van der Waals surface area contributed by atoms with Gasteiger partial charge < -0.3 is 19.7 Å². The number of methoxy groups -OCH3 is 2. The Labute approximate surface area is 179 Å². The number of nitrogens with one attached hydrogen (secondary N) is 1. The number of hydrogen-bond acceptors (Lipinski definition) is 7. The van der Waals surface area contributed by atoms with Crippen LogP contribution in [0.1, 0.15) is 19.8 Å². The third-order valence-corrected chi connectivity index (χ3v) is 5.40. The van der Waals surface area contributed by atoms with Crippen LogP contribution >= 0.6 is 0 Å². The number of fused-ring (bicyclic) bond motifs is 1. The molecule has 0 bridgehead atoms. The van der Waals surface area contributed by atoms with Crippen LogP contribution in [0.5, 0.6) is 11.5 Å². The lowest BCUT2D eigenvalue weighted by Crippen LogP contribution is -2.35. The monoisotopic (exact) mass is 426 g/mol. The number of amides is 1. The highest BCUT2D eigenvalue weighted by Crippen LogP contribution is 2.29. The molecule has 3 aromatic rings. The van der Waals surface area contributed by atoms with E-state index >= 15 is 0 Å². The number of aromatic nitrogens is 4. The number of benzene rings is 1. The van der Waals surface area contributed by atoms with E-state index in [9.17, 15) is 9.59 Å². The zero-order valence-electron chi connectivity index (χ0n) is 17.9. The standard InChI is InChI=1S/C21H26N6O4/c1-14-5-4-9-25(12-14)18-8-10-26-20(23-18)24-27(21(26)29)13-19(28)22-16-7-6-15(30-2)11-17(16)31-3/h6-8,10-11,14H,4-5,9,12-13H2,1-3H3,(H,22,28)/t14-/m1/s1. The summed E-state index contributed by atoms with van der Waals surface area (Å²) < 4.78 is 12.9. The molecule has 10 nitrogen and oxygen atoms in total. The number of anilines is 2. The fraction of sp³-hybridized carbons (Fsp3) is 0.429. The van der Waals surface area contributed by atoms with Crippen LogP contribution in [0.4, 0.5) is 11.5 Å². The molecule has 0 unspecified atom stereocenters. The van der Waals surface area contributed by atoms with Gasteiger partial charge in [-0.2, -0.15) is 4.98 Å². The molecule has 164 valence electrons. The molecule has 1 aromatic carbocycles. The third kappa shape index (κ3) is 4.32. The van der Waals surface area contributed by atoms with Crippen LogP contribution in [0.2, 0.25) is 0 Å². The van der Waals surface area contributed by atoms with Crippen molar-refractivity contribution in [1.29, 1.82) is 0 Å². The highest BCUT2D eigenvalue weighted by atomic mass is 16.5. The highest BCUT2D eigenvalue weighted by Gasteiger charge is 2.19. The molecule has 4 rings (SSSR count). The number of nitrogens with zero attached hydrogens (tertiary/aromatic N) is 5. The van der Waals surface area contributed by atoms with E-state index in [4.69, 9.17) is 9.47 Å². The average Bonchev–Trinajstić information content (AvgIpc) is 3.08. The minimum atomic E-state index is -0.419. The maximum Gasteiger partial charge on any atom is 0.352 e. The molecule has 1 saturated heterocycles. The van der Waals surface area contributed by atoms with Gasteiger partial charge in [-0.05, 0) is 37.0 Å². The van der Waals surface area contributed by atoms with Gasteiger partial charge in [0.15, 0.2) is 0 Å². The van der Waals surface area contributed by atoms with E-state index < -0.39 is 11.6 Å². The number of piperidine rings is 1. The molecule has 1 N–H and O–H groups in total. The van der Waals surface area contributed by atoms with Crippen molar-refractivity contribution in [2.24, 2.45) is 5.92 Å². The van der Waals surface area contributed by atoms with Crippen molar-refractivity contribution in [3.05, 3.63) is 40.9 Å². The molecule has 2 aromatic heterocycles. The quantitative estimate of drug-likeness (QED) is 0.641. The maximum absolute atomic E-state index is 12.7. The second kappa shape index (κ2) is 8.66. The zero-order valence-corrected chi connectivity index (χ0v) is 17.9. The Kier molecular flexibility index (Phi) is 5.79. The topological polar surface area (TPSA) is 103 Å². The van der Waals surface area contributed by atoms with Gasteiger partial charge in [0.25, 0.3) is 5.78 Å². The molecular formula is C21H26N6O4. The molecule has 0 saturated carbocycles. The lowest BCUT2D eigenvalue weighted by atomic mass is 10.0. The van der Waals surface area contributed by atoms with E-state index in [2.05, 4.69) is 27.2 Å². The van der Waals surface area contributed by atoms with Crippen molar-refractivity contribution in [3.63, 3.8) is 0 Å². The first-order chi connectivity index (χ1) is 15.0. The van der Waals surface area contributed by atoms with E-state index in [1.807, 2.05) is 6.07 Å². The molecule has 1 aliphatic heterocycles. The molecular weight excluding hydrogens is 400 g/mol. The van der Waals surface area contributed by atoms with Crippen LogP contribution in [-0.2, 0) is 11.3 Å². The first-order valence-corrected chi connectivity index (χ1v) is 10.2. The molecule has 31 heavy (non-hydrogen) atoms. The van der Waals surface area contributed by atoms with Gasteiger partial charge in [0.05, 0.1) is 19.9 Å². The Morgan fingerprint density at radius 1 is 1.26 bits per heavy atom. The van der Waals surface area contributed by atoms with Gasteiger partial charge in [-0.15, -0.1) is 5.10 Å². The Bertz CT molecular complexity index is 1150. The van der Waals surface area contributed by atoms with E-state index in [-0.39, 0.29) is 12.3 Å². The van der Waals surface area contributed by atoms with Gasteiger partial charge >= 0.3 is 5.69 Å². The third-order valence-electron chi connectivity index (χ3n) is 5.40. The van der Waals surface area contributed by atoms with Crippen molar-refractivity contribution in [3.8, 4) is 11.5 Å². The Hall–Kier alpha value is -3.56. The van der Waals surface area contributed by atoms with E-state index in [0.717, 1.165) is 30.0 Å². The highest BCUT2D eigenvalue weighted by molar-refractivity contribution is 5.92. The lowest BCUT2D eigenvalue weighted by Gasteiger charge is -2.31. The van der Waals surface area contributed by atoms with E-state index in [0.29, 0.717) is 23.1 Å². The molecule has 1 fully saturated rings. The number of ether oxygens (including phenoxy) is 2. The zero-order chi connectivity index (χ0) is 22.0. The van der Waals surface area contributed by atoms with Gasteiger partial charge in [-0.1, -0.05) is 6.92 Å². The SMILES string of the molecule is COc1ccc(NC(=O)Cn2nc3nc(N4CCC[C@@H](C)C4)ccn3c2=O)c(OC)c1. The summed E-state index contributed by atoms with van der Waals surface area (Å²) in [6.07, 6.45) is 3.98. The Morgan fingerprint density at radius 3 is 2.84 bits per heavy atom. The summed E-state index contributed by atoms with van der Waals surface area (Å²) in [5.41, 5.74) is 0.0580. The minimum absolute atomic E-state index is 0.243. The van der Waals surface area contributed by atoms with Crippen LogP contribution in [0, 0.1) is 5.92 Å². The summed E-state index contributed by atoms with van der Waals surface area (Å²) >= 11 is 0. The summed E-state index contributed by atoms with van der Waals surface area (Å²) in [4.78, 5) is 32.0. The molecule has 1 amide bonds. The van der Waals surface area contributed by atoms with E-state index in [1.54, 1.807) is 31.5 Å². The van der Waals surface area contributed by atoms with Crippen molar-refractivity contribution in [1.82, 2.24) is 19.2 Å². The molecule has 1 atom stereocenters. The van der Waals surface area contributed by atoms with Crippen LogP contribution in [0.25, 0.3) is 5.78 Å². The summed E-state index contributed by atoms with van der Waals surface area (Å²) in [7, 11) is 3.05. The number of carbonyl (C=O) groups is 1. The van der Waals surface area contributed by atoms with Gasteiger partial charge in [0.2, 0.25) is 5.91 Å². The van der Waals surface area contributed by atoms with Crippen LogP contribution in [0.15, 0.2) is 35.3 Å². The Morgan fingerprint density at radius 2 is 2.10 bits per heavy atom. The first-order valence-electron chi connectivity index (χ1n) is 10.2. The summed E-state index contributed by atoms with van der Waals surface area (Å²) in [6.45, 7) is 3.85. The van der Waals surface area contributed by atoms with Crippen molar-refractivity contribution < 1.29 is 14.3 Å². The molecule has 10 heteroatoms. The summed E-state index contributed by atoms with van der Waals surface area (Å²) in [6, 6.07) is 6.87. The maximum atomic E-state index is 12.7. The van der Waals surface area contributed by atoms with E-state index in [1.165, 1.54) is 17.9 Å². The molecule has 0 spiro atoms. The van der Waals surface area contributed by atoms with Crippen molar-refractivity contribution in [2.75, 3.05) is 37.5 Å². The molecule has 0 radical (unpaired) electrons. The molecule has 1 aliphatic rings. The summed E-state index contributed by atoms with van der Waals surface area (Å²) in [5.74, 6) is 2.33. The fourth-order valence-electron chi connectivity index (χ4n) is 3.80. The minimum Gasteiger partial charge on any atom is -0.497 e. The Balaban J connectivity index is 1.52. The predicted octanol–water partition coefficient (Wildman–Crippen LogP) is 1.78. The number of rotatable bonds is 6. The summed E-state index contributed by atoms with van der Waals surface area (Å²) in [5, 5.41) is 7.00. The lowest BCUT2D eigenvalue weighted by molar-refractivity contribution is -0.117. The second-order valence-corrected chi connectivity index (χ2v) is 7.70.